The summed E-state index contributed by atoms with van der Waals surface area (Å²) >= 11 is 0. The van der Waals surface area contributed by atoms with Crippen LogP contribution in [0, 0.1) is 6.92 Å². The van der Waals surface area contributed by atoms with Gasteiger partial charge in [0.25, 0.3) is 5.91 Å². The second-order valence-corrected chi connectivity index (χ2v) is 9.10. The van der Waals surface area contributed by atoms with E-state index in [-0.39, 0.29) is 11.9 Å². The van der Waals surface area contributed by atoms with Gasteiger partial charge in [-0.3, -0.25) is 9.52 Å². The Hall–Kier alpha value is -3.65. The van der Waals surface area contributed by atoms with Crippen molar-refractivity contribution in [2.75, 3.05) is 12.4 Å². The number of ether oxygens (including phenoxy) is 2. The molecule has 2 heterocycles. The van der Waals surface area contributed by atoms with E-state index in [1.165, 1.54) is 17.2 Å². The lowest BCUT2D eigenvalue weighted by molar-refractivity contribution is -0.114. The average molecular weight is 462 g/mol. The number of amides is 1. The molecule has 5 rings (SSSR count). The van der Waals surface area contributed by atoms with Crippen molar-refractivity contribution in [2.45, 2.75) is 25.8 Å². The number of aromatic nitrogens is 1. The smallest absolute Gasteiger partial charge is 0.257 e. The van der Waals surface area contributed by atoms with E-state index in [2.05, 4.69) is 21.1 Å². The van der Waals surface area contributed by atoms with Crippen molar-refractivity contribution in [2.24, 2.45) is 0 Å². The summed E-state index contributed by atoms with van der Waals surface area (Å²) in [7, 11) is 0.106. The van der Waals surface area contributed by atoms with E-state index >= 15 is 0 Å². The van der Waals surface area contributed by atoms with Crippen molar-refractivity contribution >= 4 is 27.5 Å². The van der Waals surface area contributed by atoms with E-state index in [0.717, 1.165) is 35.5 Å². The van der Waals surface area contributed by atoms with Gasteiger partial charge >= 0.3 is 0 Å². The molecular formula is C25H23N3O4S. The Morgan fingerprint density at radius 1 is 1.09 bits per heavy atom. The highest BCUT2D eigenvalue weighted by atomic mass is 32.2. The number of anilines is 1. The van der Waals surface area contributed by atoms with Gasteiger partial charge in [0.05, 0.1) is 23.8 Å². The molecule has 0 saturated heterocycles. The first kappa shape index (κ1) is 21.2. The van der Waals surface area contributed by atoms with Gasteiger partial charge in [0, 0.05) is 23.4 Å². The number of hydrogen-bond donors (Lipinski definition) is 2. The number of fused-ring (bicyclic) bond motifs is 1. The van der Waals surface area contributed by atoms with E-state index in [9.17, 15) is 9.00 Å². The van der Waals surface area contributed by atoms with Gasteiger partial charge in [-0.15, -0.1) is 0 Å². The highest BCUT2D eigenvalue weighted by Gasteiger charge is 2.26. The first-order valence-electron chi connectivity index (χ1n) is 10.6. The maximum absolute atomic E-state index is 12.0. The second kappa shape index (κ2) is 8.71. The Morgan fingerprint density at radius 3 is 2.61 bits per heavy atom. The molecule has 0 saturated carbocycles. The second-order valence-electron chi connectivity index (χ2n) is 7.92. The van der Waals surface area contributed by atoms with Crippen molar-refractivity contribution in [3.63, 3.8) is 0 Å². The molecule has 168 valence electrons. The quantitative estimate of drug-likeness (QED) is 0.565. The third-order valence-corrected chi connectivity index (χ3v) is 6.97. The van der Waals surface area contributed by atoms with Gasteiger partial charge in [-0.1, -0.05) is 24.3 Å². The zero-order valence-corrected chi connectivity index (χ0v) is 19.1. The van der Waals surface area contributed by atoms with E-state index in [0.29, 0.717) is 16.5 Å². The van der Waals surface area contributed by atoms with Crippen molar-refractivity contribution in [3.8, 4) is 17.4 Å². The SMILES string of the molecule is COc1ccc(Oc2cccc3c2CC[C@H]3Nc2ccc(C3=CC(=O)NS3=O)cc2)c(C)n1. The summed E-state index contributed by atoms with van der Waals surface area (Å²) < 4.78 is 25.8. The third-order valence-electron chi connectivity index (χ3n) is 5.83. The maximum Gasteiger partial charge on any atom is 0.257 e. The van der Waals surface area contributed by atoms with Crippen LogP contribution in [0.4, 0.5) is 5.69 Å². The molecule has 7 nitrogen and oxygen atoms in total. The highest BCUT2D eigenvalue weighted by Crippen LogP contribution is 2.40. The fourth-order valence-corrected chi connectivity index (χ4v) is 5.12. The minimum atomic E-state index is -1.49. The Kier molecular flexibility index (Phi) is 5.60. The first-order chi connectivity index (χ1) is 16.0. The average Bonchev–Trinajstić information content (AvgIpc) is 3.38. The molecule has 1 aliphatic heterocycles. The number of pyridine rings is 1. The lowest BCUT2D eigenvalue weighted by atomic mass is 10.1. The number of carbonyl (C=O) groups is 1. The lowest BCUT2D eigenvalue weighted by Gasteiger charge is -2.17. The number of methoxy groups -OCH3 is 1. The summed E-state index contributed by atoms with van der Waals surface area (Å²) in [5.74, 6) is 1.79. The fourth-order valence-electron chi connectivity index (χ4n) is 4.20. The van der Waals surface area contributed by atoms with E-state index < -0.39 is 11.0 Å². The van der Waals surface area contributed by atoms with Crippen LogP contribution in [0.1, 0.15) is 34.8 Å². The van der Waals surface area contributed by atoms with Crippen LogP contribution in [-0.2, 0) is 22.2 Å². The Morgan fingerprint density at radius 2 is 1.91 bits per heavy atom. The molecular weight excluding hydrogens is 438 g/mol. The predicted molar refractivity (Wildman–Crippen MR) is 127 cm³/mol. The Balaban J connectivity index is 1.33. The molecule has 1 aromatic heterocycles. The van der Waals surface area contributed by atoms with Crippen molar-refractivity contribution in [1.82, 2.24) is 9.71 Å². The summed E-state index contributed by atoms with van der Waals surface area (Å²) in [5.41, 5.74) is 4.91. The van der Waals surface area contributed by atoms with Crippen LogP contribution in [0.5, 0.6) is 17.4 Å². The summed E-state index contributed by atoms with van der Waals surface area (Å²) in [5, 5.41) is 3.59. The lowest BCUT2D eigenvalue weighted by Crippen LogP contribution is -2.16. The molecule has 1 unspecified atom stereocenters. The molecule has 2 aromatic carbocycles. The number of aryl methyl sites for hydroxylation is 1. The predicted octanol–water partition coefficient (Wildman–Crippen LogP) is 4.42. The molecule has 33 heavy (non-hydrogen) atoms. The monoisotopic (exact) mass is 461 g/mol. The van der Waals surface area contributed by atoms with Gasteiger partial charge in [0.1, 0.15) is 11.5 Å². The summed E-state index contributed by atoms with van der Waals surface area (Å²) in [6.45, 7) is 1.90. The molecule has 0 spiro atoms. The molecule has 1 aliphatic carbocycles. The van der Waals surface area contributed by atoms with Crippen LogP contribution < -0.4 is 19.5 Å². The summed E-state index contributed by atoms with van der Waals surface area (Å²) in [6, 6.07) is 17.6. The largest absolute Gasteiger partial charge is 0.481 e. The van der Waals surface area contributed by atoms with Gasteiger partial charge in [-0.05, 0) is 55.2 Å². The molecule has 2 N–H and O–H groups in total. The van der Waals surface area contributed by atoms with Gasteiger partial charge in [0.2, 0.25) is 5.88 Å². The zero-order valence-electron chi connectivity index (χ0n) is 18.3. The van der Waals surface area contributed by atoms with Gasteiger partial charge in [-0.2, -0.15) is 0 Å². The number of hydrogen-bond acceptors (Lipinski definition) is 6. The van der Waals surface area contributed by atoms with Crippen LogP contribution in [0.3, 0.4) is 0 Å². The number of nitrogens with zero attached hydrogens (tertiary/aromatic N) is 1. The minimum absolute atomic E-state index is 0.160. The van der Waals surface area contributed by atoms with Crippen LogP contribution in [0.2, 0.25) is 0 Å². The van der Waals surface area contributed by atoms with Gasteiger partial charge in [-0.25, -0.2) is 9.19 Å². The van der Waals surface area contributed by atoms with Crippen LogP contribution in [0.15, 0.2) is 60.7 Å². The molecule has 2 atom stereocenters. The minimum Gasteiger partial charge on any atom is -0.481 e. The highest BCUT2D eigenvalue weighted by molar-refractivity contribution is 7.93. The Labute approximate surface area is 194 Å². The molecule has 3 aromatic rings. The molecule has 0 radical (unpaired) electrons. The number of benzene rings is 2. The van der Waals surface area contributed by atoms with Gasteiger partial charge in [0.15, 0.2) is 11.0 Å². The number of carbonyl (C=O) groups excluding carboxylic acids is 1. The summed E-state index contributed by atoms with van der Waals surface area (Å²) in [6.07, 6.45) is 3.24. The maximum atomic E-state index is 12.0. The summed E-state index contributed by atoms with van der Waals surface area (Å²) in [4.78, 5) is 16.3. The van der Waals surface area contributed by atoms with Crippen LogP contribution >= 0.6 is 0 Å². The standard InChI is InChI=1S/C25H23N3O4S/c1-15-21(12-13-25(26-15)31-2)32-22-5-3-4-18-19(22)10-11-20(18)27-17-8-6-16(7-9-17)23-14-24(29)28-33(23)30/h3-9,12-14,20,27H,10-11H2,1-2H3,(H,28,29)/t20-,33?/m1/s1. The van der Waals surface area contributed by atoms with Crippen LogP contribution in [-0.4, -0.2) is 22.2 Å². The number of rotatable bonds is 6. The zero-order chi connectivity index (χ0) is 22.9. The van der Waals surface area contributed by atoms with Crippen molar-refractivity contribution < 1.29 is 18.5 Å². The third kappa shape index (κ3) is 4.21. The molecule has 8 heteroatoms. The topological polar surface area (TPSA) is 89.5 Å². The van der Waals surface area contributed by atoms with E-state index in [1.54, 1.807) is 13.2 Å². The molecule has 0 bridgehead atoms. The van der Waals surface area contributed by atoms with Crippen molar-refractivity contribution in [1.29, 1.82) is 0 Å². The molecule has 0 fully saturated rings. The Bertz CT molecular complexity index is 1290. The van der Waals surface area contributed by atoms with Crippen LogP contribution in [0.25, 0.3) is 4.91 Å². The molecule has 1 amide bonds. The van der Waals surface area contributed by atoms with Gasteiger partial charge < -0.3 is 14.8 Å². The fraction of sp³-hybridized carbons (Fsp3) is 0.200. The van der Waals surface area contributed by atoms with E-state index in [4.69, 9.17) is 9.47 Å². The van der Waals surface area contributed by atoms with Crippen molar-refractivity contribution in [3.05, 3.63) is 83.1 Å². The first-order valence-corrected chi connectivity index (χ1v) is 11.8. The molecule has 2 aliphatic rings. The van der Waals surface area contributed by atoms with E-state index in [1.807, 2.05) is 49.4 Å². The normalized spacial score (nSPS) is 19.0. The number of nitrogens with one attached hydrogen (secondary N) is 2.